The molecule has 4 nitrogen and oxygen atoms in total. The van der Waals surface area contributed by atoms with E-state index >= 15 is 0 Å². The fraction of sp³-hybridized carbons (Fsp3) is 0.154. The maximum absolute atomic E-state index is 13.7. The lowest BCUT2D eigenvalue weighted by atomic mass is 10.1. The van der Waals surface area contributed by atoms with Gasteiger partial charge in [-0.05, 0) is 18.2 Å². The monoisotopic (exact) mass is 299 g/mol. The zero-order valence-electron chi connectivity index (χ0n) is 10.5. The molecule has 0 spiro atoms. The molecule has 0 fully saturated rings. The van der Waals surface area contributed by atoms with Gasteiger partial charge in [0.05, 0.1) is 23.4 Å². The minimum atomic E-state index is -4.85. The molecule has 1 aromatic heterocycles. The normalized spacial score (nSPS) is 11.2. The van der Waals surface area contributed by atoms with Gasteiger partial charge < -0.3 is 5.32 Å². The van der Waals surface area contributed by atoms with Crippen molar-refractivity contribution in [2.24, 2.45) is 0 Å². The maximum atomic E-state index is 13.7. The lowest BCUT2D eigenvalue weighted by Gasteiger charge is -2.11. The lowest BCUT2D eigenvalue weighted by Crippen LogP contribution is -2.25. The highest BCUT2D eigenvalue weighted by molar-refractivity contribution is 5.94. The molecule has 0 aliphatic rings. The first-order valence-electron chi connectivity index (χ1n) is 5.78. The quantitative estimate of drug-likeness (QED) is 0.886. The second-order valence-electron chi connectivity index (χ2n) is 4.05. The van der Waals surface area contributed by atoms with Gasteiger partial charge in [0.1, 0.15) is 12.1 Å². The van der Waals surface area contributed by atoms with Gasteiger partial charge in [-0.1, -0.05) is 6.07 Å². The van der Waals surface area contributed by atoms with Crippen LogP contribution in [-0.2, 0) is 12.7 Å². The Hall–Kier alpha value is -2.51. The average molecular weight is 299 g/mol. The Morgan fingerprint density at radius 1 is 1.24 bits per heavy atom. The summed E-state index contributed by atoms with van der Waals surface area (Å²) in [6, 6.07) is 4.06. The molecular weight excluding hydrogens is 290 g/mol. The SMILES string of the molecule is O=C(NCc1ccncn1)c1cccc(C(F)(F)F)c1F. The first-order chi connectivity index (χ1) is 9.89. The highest BCUT2D eigenvalue weighted by Gasteiger charge is 2.35. The molecule has 0 radical (unpaired) electrons. The standard InChI is InChI=1S/C13H9F4N3O/c14-11-9(2-1-3-10(11)13(15,16)17)12(21)19-6-8-4-5-18-7-20-8/h1-5,7H,6H2,(H,19,21). The molecule has 0 saturated carbocycles. The first-order valence-corrected chi connectivity index (χ1v) is 5.78. The summed E-state index contributed by atoms with van der Waals surface area (Å²) in [5, 5.41) is 2.30. The summed E-state index contributed by atoms with van der Waals surface area (Å²) < 4.78 is 51.4. The van der Waals surface area contributed by atoms with Crippen molar-refractivity contribution >= 4 is 5.91 Å². The predicted octanol–water partition coefficient (Wildman–Crippen LogP) is 2.56. The highest BCUT2D eigenvalue weighted by atomic mass is 19.4. The van der Waals surface area contributed by atoms with Crippen LogP contribution in [0.1, 0.15) is 21.6 Å². The van der Waals surface area contributed by atoms with E-state index in [1.54, 1.807) is 0 Å². The maximum Gasteiger partial charge on any atom is 0.419 e. The molecule has 1 heterocycles. The van der Waals surface area contributed by atoms with Gasteiger partial charge in [0.2, 0.25) is 0 Å². The fourth-order valence-corrected chi connectivity index (χ4v) is 1.61. The molecule has 110 valence electrons. The Morgan fingerprint density at radius 2 is 2.00 bits per heavy atom. The molecule has 0 saturated heterocycles. The molecule has 1 N–H and O–H groups in total. The minimum Gasteiger partial charge on any atom is -0.346 e. The Morgan fingerprint density at radius 3 is 2.62 bits per heavy atom. The second-order valence-corrected chi connectivity index (χ2v) is 4.05. The third-order valence-electron chi connectivity index (χ3n) is 2.62. The molecule has 0 aliphatic carbocycles. The van der Waals surface area contributed by atoms with Crippen LogP contribution in [0.25, 0.3) is 0 Å². The van der Waals surface area contributed by atoms with Gasteiger partial charge in [-0.2, -0.15) is 13.2 Å². The van der Waals surface area contributed by atoms with Gasteiger partial charge >= 0.3 is 6.18 Å². The van der Waals surface area contributed by atoms with Crippen molar-refractivity contribution in [3.8, 4) is 0 Å². The van der Waals surface area contributed by atoms with E-state index in [0.29, 0.717) is 11.8 Å². The van der Waals surface area contributed by atoms with E-state index in [4.69, 9.17) is 0 Å². The molecule has 1 aromatic carbocycles. The molecule has 0 bridgehead atoms. The Bertz CT molecular complexity index is 644. The fourth-order valence-electron chi connectivity index (χ4n) is 1.61. The zero-order valence-corrected chi connectivity index (χ0v) is 10.5. The Labute approximate surface area is 116 Å². The van der Waals surface area contributed by atoms with Crippen LogP contribution in [0.2, 0.25) is 0 Å². The summed E-state index contributed by atoms with van der Waals surface area (Å²) in [7, 11) is 0. The van der Waals surface area contributed by atoms with E-state index in [1.807, 2.05) is 0 Å². The predicted molar refractivity (Wildman–Crippen MR) is 64.6 cm³/mol. The van der Waals surface area contributed by atoms with Crippen LogP contribution in [-0.4, -0.2) is 15.9 Å². The largest absolute Gasteiger partial charge is 0.419 e. The van der Waals surface area contributed by atoms with E-state index in [-0.39, 0.29) is 6.54 Å². The summed E-state index contributed by atoms with van der Waals surface area (Å²) in [5.74, 6) is -2.54. The summed E-state index contributed by atoms with van der Waals surface area (Å²) in [4.78, 5) is 19.3. The van der Waals surface area contributed by atoms with E-state index < -0.39 is 29.0 Å². The third-order valence-corrected chi connectivity index (χ3v) is 2.62. The molecule has 2 aromatic rings. The van der Waals surface area contributed by atoms with Crippen LogP contribution in [0.15, 0.2) is 36.8 Å². The zero-order chi connectivity index (χ0) is 15.5. The number of nitrogens with zero attached hydrogens (tertiary/aromatic N) is 2. The summed E-state index contributed by atoms with van der Waals surface area (Å²) in [6.45, 7) is -0.0446. The van der Waals surface area contributed by atoms with Gasteiger partial charge in [-0.25, -0.2) is 14.4 Å². The van der Waals surface area contributed by atoms with Crippen molar-refractivity contribution in [2.75, 3.05) is 0 Å². The molecule has 0 atom stereocenters. The molecule has 1 amide bonds. The second kappa shape index (κ2) is 5.86. The van der Waals surface area contributed by atoms with E-state index in [9.17, 15) is 22.4 Å². The van der Waals surface area contributed by atoms with Crippen LogP contribution in [0.5, 0.6) is 0 Å². The summed E-state index contributed by atoms with van der Waals surface area (Å²) in [6.07, 6.45) is -2.15. The van der Waals surface area contributed by atoms with Crippen molar-refractivity contribution in [3.63, 3.8) is 0 Å². The summed E-state index contributed by atoms with van der Waals surface area (Å²) in [5.41, 5.74) is -1.69. The molecule has 21 heavy (non-hydrogen) atoms. The van der Waals surface area contributed by atoms with Crippen molar-refractivity contribution in [1.29, 1.82) is 0 Å². The minimum absolute atomic E-state index is 0.0446. The van der Waals surface area contributed by atoms with E-state index in [2.05, 4.69) is 15.3 Å². The molecule has 8 heteroatoms. The number of alkyl halides is 3. The molecule has 2 rings (SSSR count). The van der Waals surface area contributed by atoms with Crippen LogP contribution >= 0.6 is 0 Å². The molecule has 0 unspecified atom stereocenters. The van der Waals surface area contributed by atoms with Gasteiger partial charge in [-0.15, -0.1) is 0 Å². The van der Waals surface area contributed by atoms with Crippen molar-refractivity contribution in [2.45, 2.75) is 12.7 Å². The number of nitrogens with one attached hydrogen (secondary N) is 1. The number of amides is 1. The number of benzene rings is 1. The van der Waals surface area contributed by atoms with Crippen molar-refractivity contribution in [3.05, 3.63) is 59.4 Å². The van der Waals surface area contributed by atoms with Gasteiger partial charge in [0.25, 0.3) is 5.91 Å². The van der Waals surface area contributed by atoms with Crippen LogP contribution in [0.3, 0.4) is 0 Å². The van der Waals surface area contributed by atoms with Crippen LogP contribution in [0.4, 0.5) is 17.6 Å². The topological polar surface area (TPSA) is 54.9 Å². The highest BCUT2D eigenvalue weighted by Crippen LogP contribution is 2.32. The molecular formula is C13H9F4N3O. The van der Waals surface area contributed by atoms with Crippen LogP contribution < -0.4 is 5.32 Å². The number of carbonyl (C=O) groups is 1. The number of hydrogen-bond acceptors (Lipinski definition) is 3. The lowest BCUT2D eigenvalue weighted by molar-refractivity contribution is -0.140. The number of halogens is 4. The van der Waals surface area contributed by atoms with E-state index in [0.717, 1.165) is 12.1 Å². The Kier molecular flexibility index (Phi) is 4.15. The van der Waals surface area contributed by atoms with Crippen molar-refractivity contribution in [1.82, 2.24) is 15.3 Å². The third kappa shape index (κ3) is 3.53. The smallest absolute Gasteiger partial charge is 0.346 e. The van der Waals surface area contributed by atoms with Crippen LogP contribution in [0, 0.1) is 5.82 Å². The molecule has 0 aliphatic heterocycles. The average Bonchev–Trinajstić information content (AvgIpc) is 2.45. The van der Waals surface area contributed by atoms with Crippen molar-refractivity contribution < 1.29 is 22.4 Å². The number of carbonyl (C=O) groups excluding carboxylic acids is 1. The Balaban J connectivity index is 2.17. The first kappa shape index (κ1) is 14.9. The van der Waals surface area contributed by atoms with E-state index in [1.165, 1.54) is 18.6 Å². The van der Waals surface area contributed by atoms with Gasteiger partial charge in [0.15, 0.2) is 0 Å². The number of rotatable bonds is 3. The van der Waals surface area contributed by atoms with Gasteiger partial charge in [-0.3, -0.25) is 4.79 Å². The number of aromatic nitrogens is 2. The summed E-state index contributed by atoms with van der Waals surface area (Å²) >= 11 is 0. The number of hydrogen-bond donors (Lipinski definition) is 1. The van der Waals surface area contributed by atoms with Gasteiger partial charge in [0, 0.05) is 6.20 Å².